The van der Waals surface area contributed by atoms with E-state index in [0.717, 1.165) is 6.07 Å². The molecule has 26 heavy (non-hydrogen) atoms. The van der Waals surface area contributed by atoms with Crippen LogP contribution in [0.1, 0.15) is 20.0 Å². The Morgan fingerprint density at radius 2 is 1.65 bits per heavy atom. The molecule has 2 amide bonds. The van der Waals surface area contributed by atoms with Gasteiger partial charge in [0, 0.05) is 11.3 Å². The van der Waals surface area contributed by atoms with Crippen LogP contribution in [0.3, 0.4) is 0 Å². The number of anilines is 2. The zero-order chi connectivity index (χ0) is 18.7. The predicted molar refractivity (Wildman–Crippen MR) is 93.0 cm³/mol. The lowest BCUT2D eigenvalue weighted by Crippen LogP contribution is -2.15. The Balaban J connectivity index is 1.76. The molecule has 0 spiro atoms. The smallest absolute Gasteiger partial charge is 0.265 e. The second-order valence-electron chi connectivity index (χ2n) is 5.19. The third kappa shape index (κ3) is 3.75. The molecule has 0 saturated heterocycles. The highest BCUT2D eigenvalue weighted by atomic mass is 32.1. The van der Waals surface area contributed by atoms with Crippen LogP contribution in [0.5, 0.6) is 0 Å². The van der Waals surface area contributed by atoms with Crippen molar-refractivity contribution < 1.29 is 22.8 Å². The first-order valence-corrected chi connectivity index (χ1v) is 8.23. The Morgan fingerprint density at radius 1 is 0.846 bits per heavy atom. The Bertz CT molecular complexity index is 975. The second-order valence-corrected chi connectivity index (χ2v) is 6.14. The van der Waals surface area contributed by atoms with Gasteiger partial charge < -0.3 is 10.6 Å². The molecule has 8 heteroatoms. The number of hydrogen-bond acceptors (Lipinski definition) is 3. The molecule has 0 bridgehead atoms. The van der Waals surface area contributed by atoms with E-state index in [0.29, 0.717) is 16.6 Å². The van der Waals surface area contributed by atoms with Crippen molar-refractivity contribution in [3.63, 3.8) is 0 Å². The summed E-state index contributed by atoms with van der Waals surface area (Å²) in [5, 5.41) is 6.57. The maximum absolute atomic E-state index is 13.7. The lowest BCUT2D eigenvalue weighted by Gasteiger charge is -2.09. The van der Waals surface area contributed by atoms with Crippen molar-refractivity contribution in [3.8, 4) is 0 Å². The molecule has 0 aliphatic heterocycles. The number of rotatable bonds is 4. The average Bonchev–Trinajstić information content (AvgIpc) is 3.17. The third-order valence-corrected chi connectivity index (χ3v) is 4.28. The van der Waals surface area contributed by atoms with E-state index in [4.69, 9.17) is 0 Å². The maximum atomic E-state index is 13.7. The van der Waals surface area contributed by atoms with Crippen molar-refractivity contribution in [2.75, 3.05) is 10.6 Å². The van der Waals surface area contributed by atoms with Gasteiger partial charge in [-0.05, 0) is 41.8 Å². The van der Waals surface area contributed by atoms with Gasteiger partial charge in [0.05, 0.1) is 10.6 Å². The summed E-state index contributed by atoms with van der Waals surface area (Å²) in [5.74, 6) is -5.56. The van der Waals surface area contributed by atoms with E-state index in [1.165, 1.54) is 29.5 Å². The van der Waals surface area contributed by atoms with E-state index in [2.05, 4.69) is 10.6 Å². The maximum Gasteiger partial charge on any atom is 0.265 e. The molecule has 3 rings (SSSR count). The van der Waals surface area contributed by atoms with Gasteiger partial charge in [-0.25, -0.2) is 13.2 Å². The minimum absolute atomic E-state index is 0.109. The van der Waals surface area contributed by atoms with Crippen LogP contribution < -0.4 is 10.6 Å². The largest absolute Gasteiger partial charge is 0.321 e. The van der Waals surface area contributed by atoms with Crippen molar-refractivity contribution in [1.82, 2.24) is 0 Å². The van der Waals surface area contributed by atoms with Crippen LogP contribution in [0, 0.1) is 17.5 Å². The van der Waals surface area contributed by atoms with Crippen molar-refractivity contribution in [2.45, 2.75) is 0 Å². The monoisotopic (exact) mass is 376 g/mol. The van der Waals surface area contributed by atoms with E-state index in [1.54, 1.807) is 23.6 Å². The second kappa shape index (κ2) is 7.40. The highest BCUT2D eigenvalue weighted by Crippen LogP contribution is 2.21. The molecule has 2 aromatic carbocycles. The first kappa shape index (κ1) is 17.7. The minimum Gasteiger partial charge on any atom is -0.321 e. The summed E-state index contributed by atoms with van der Waals surface area (Å²) < 4.78 is 39.8. The van der Waals surface area contributed by atoms with Crippen LogP contribution in [0.4, 0.5) is 24.5 Å². The Kier molecular flexibility index (Phi) is 5.04. The summed E-state index contributed by atoms with van der Waals surface area (Å²) in [6.45, 7) is 0. The summed E-state index contributed by atoms with van der Waals surface area (Å²) in [6.07, 6.45) is 0. The van der Waals surface area contributed by atoms with Gasteiger partial charge in [0.15, 0.2) is 17.5 Å². The zero-order valence-electron chi connectivity index (χ0n) is 13.1. The molecule has 0 radical (unpaired) electrons. The van der Waals surface area contributed by atoms with Gasteiger partial charge in [0.25, 0.3) is 11.8 Å². The topological polar surface area (TPSA) is 58.2 Å². The number of halogens is 3. The molecule has 0 aliphatic carbocycles. The van der Waals surface area contributed by atoms with E-state index >= 15 is 0 Å². The molecule has 0 saturated carbocycles. The number of carbonyl (C=O) groups excluding carboxylic acids is 2. The fourth-order valence-corrected chi connectivity index (χ4v) is 2.77. The van der Waals surface area contributed by atoms with Gasteiger partial charge in [-0.1, -0.05) is 12.1 Å². The molecule has 1 heterocycles. The van der Waals surface area contributed by atoms with Gasteiger partial charge in [-0.2, -0.15) is 0 Å². The van der Waals surface area contributed by atoms with Crippen LogP contribution in [-0.4, -0.2) is 11.8 Å². The zero-order valence-corrected chi connectivity index (χ0v) is 13.9. The van der Waals surface area contributed by atoms with Gasteiger partial charge in [0.2, 0.25) is 0 Å². The number of nitrogens with one attached hydrogen (secondary N) is 2. The molecule has 132 valence electrons. The molecule has 2 N–H and O–H groups in total. The molecular formula is C18H11F3N2O2S. The molecule has 1 aromatic heterocycles. The number of hydrogen-bond donors (Lipinski definition) is 2. The highest BCUT2D eigenvalue weighted by molar-refractivity contribution is 7.12. The Labute approximate surface area is 150 Å². The number of amides is 2. The van der Waals surface area contributed by atoms with Gasteiger partial charge >= 0.3 is 0 Å². The molecule has 0 atom stereocenters. The predicted octanol–water partition coefficient (Wildman–Crippen LogP) is 4.67. The number of thiophene rings is 1. The number of benzene rings is 2. The third-order valence-electron chi connectivity index (χ3n) is 3.41. The summed E-state index contributed by atoms with van der Waals surface area (Å²) in [6, 6.07) is 11.0. The summed E-state index contributed by atoms with van der Waals surface area (Å²) in [7, 11) is 0. The van der Waals surface area contributed by atoms with Crippen molar-refractivity contribution in [2.24, 2.45) is 0 Å². The van der Waals surface area contributed by atoms with Gasteiger partial charge in [0.1, 0.15) is 0 Å². The van der Waals surface area contributed by atoms with Crippen LogP contribution in [-0.2, 0) is 0 Å². The quantitative estimate of drug-likeness (QED) is 0.650. The standard InChI is InChI=1S/C18H11F3N2O2S/c19-12-6-7-13(16(21)15(12)20)23-17(24)10-3-1-4-11(9-10)22-18(25)14-5-2-8-26-14/h1-9H,(H,22,25)(H,23,24). The minimum atomic E-state index is -1.67. The fourth-order valence-electron chi connectivity index (χ4n) is 2.16. The summed E-state index contributed by atoms with van der Waals surface area (Å²) in [4.78, 5) is 24.8. The SMILES string of the molecule is O=C(Nc1ccc(F)c(F)c1F)c1cccc(NC(=O)c2cccs2)c1. The average molecular weight is 376 g/mol. The lowest BCUT2D eigenvalue weighted by molar-refractivity contribution is 0.101. The normalized spacial score (nSPS) is 10.4. The van der Waals surface area contributed by atoms with Crippen LogP contribution in [0.15, 0.2) is 53.9 Å². The van der Waals surface area contributed by atoms with Crippen LogP contribution in [0.2, 0.25) is 0 Å². The van der Waals surface area contributed by atoms with Crippen molar-refractivity contribution in [3.05, 3.63) is 81.8 Å². The van der Waals surface area contributed by atoms with E-state index in [9.17, 15) is 22.8 Å². The van der Waals surface area contributed by atoms with E-state index in [-0.39, 0.29) is 11.5 Å². The molecule has 4 nitrogen and oxygen atoms in total. The molecule has 0 unspecified atom stereocenters. The Morgan fingerprint density at radius 3 is 2.38 bits per heavy atom. The molecule has 0 fully saturated rings. The van der Waals surface area contributed by atoms with Crippen LogP contribution >= 0.6 is 11.3 Å². The highest BCUT2D eigenvalue weighted by Gasteiger charge is 2.16. The van der Waals surface area contributed by atoms with Gasteiger partial charge in [-0.15, -0.1) is 11.3 Å². The Hall–Kier alpha value is -3.13. The number of carbonyl (C=O) groups is 2. The molecule has 0 aliphatic rings. The van der Waals surface area contributed by atoms with Crippen LogP contribution in [0.25, 0.3) is 0 Å². The van der Waals surface area contributed by atoms with E-state index < -0.39 is 29.0 Å². The first-order valence-electron chi connectivity index (χ1n) is 7.35. The first-order chi connectivity index (χ1) is 12.5. The van der Waals surface area contributed by atoms with Crippen molar-refractivity contribution >= 4 is 34.5 Å². The molecule has 3 aromatic rings. The van der Waals surface area contributed by atoms with Crippen molar-refractivity contribution in [1.29, 1.82) is 0 Å². The molecular weight excluding hydrogens is 365 g/mol. The van der Waals surface area contributed by atoms with E-state index in [1.807, 2.05) is 0 Å². The lowest BCUT2D eigenvalue weighted by atomic mass is 10.1. The van der Waals surface area contributed by atoms with Gasteiger partial charge in [-0.3, -0.25) is 9.59 Å². The summed E-state index contributed by atoms with van der Waals surface area (Å²) in [5.41, 5.74) is -0.0122. The fraction of sp³-hybridized carbons (Fsp3) is 0. The summed E-state index contributed by atoms with van der Waals surface area (Å²) >= 11 is 1.27.